The fraction of sp³-hybridized carbons (Fsp3) is 0.417. The SMILES string of the molecule is Fc1ccc2[nH]c(C3(C(F)(F)F)CCNC3)nc2c1F. The molecule has 1 atom stereocenters. The lowest BCUT2D eigenvalue weighted by atomic mass is 9.85. The van der Waals surface area contributed by atoms with E-state index in [0.717, 1.165) is 6.07 Å². The van der Waals surface area contributed by atoms with Crippen LogP contribution in [0.4, 0.5) is 22.0 Å². The lowest BCUT2D eigenvalue weighted by Crippen LogP contribution is -2.45. The van der Waals surface area contributed by atoms with E-state index in [2.05, 4.69) is 15.3 Å². The van der Waals surface area contributed by atoms with Crippen molar-refractivity contribution < 1.29 is 22.0 Å². The lowest BCUT2D eigenvalue weighted by molar-refractivity contribution is -0.186. The first kappa shape index (κ1) is 13.3. The van der Waals surface area contributed by atoms with E-state index in [9.17, 15) is 22.0 Å². The maximum atomic E-state index is 13.6. The molecule has 0 radical (unpaired) electrons. The molecular formula is C12H10F5N3. The highest BCUT2D eigenvalue weighted by Crippen LogP contribution is 2.44. The second-order valence-electron chi connectivity index (χ2n) is 4.85. The van der Waals surface area contributed by atoms with Crippen LogP contribution in [0.2, 0.25) is 0 Å². The van der Waals surface area contributed by atoms with Crippen molar-refractivity contribution in [2.45, 2.75) is 18.0 Å². The summed E-state index contributed by atoms with van der Waals surface area (Å²) in [6, 6.07) is 2.03. The van der Waals surface area contributed by atoms with Crippen molar-refractivity contribution in [1.82, 2.24) is 15.3 Å². The number of aromatic amines is 1. The van der Waals surface area contributed by atoms with Crippen LogP contribution in [0.1, 0.15) is 12.2 Å². The van der Waals surface area contributed by atoms with Gasteiger partial charge in [0, 0.05) is 6.54 Å². The van der Waals surface area contributed by atoms with Crippen LogP contribution in [0, 0.1) is 11.6 Å². The number of nitrogens with zero attached hydrogens (tertiary/aromatic N) is 1. The monoisotopic (exact) mass is 291 g/mol. The van der Waals surface area contributed by atoms with Crippen LogP contribution in [-0.2, 0) is 5.41 Å². The van der Waals surface area contributed by atoms with Gasteiger partial charge in [-0.05, 0) is 25.1 Å². The first-order valence-corrected chi connectivity index (χ1v) is 5.97. The van der Waals surface area contributed by atoms with Crippen LogP contribution in [-0.4, -0.2) is 29.2 Å². The molecule has 1 aliphatic heterocycles. The molecule has 1 unspecified atom stereocenters. The molecule has 1 aromatic carbocycles. The van der Waals surface area contributed by atoms with Gasteiger partial charge in [-0.1, -0.05) is 0 Å². The van der Waals surface area contributed by atoms with Gasteiger partial charge < -0.3 is 10.3 Å². The molecule has 1 aliphatic rings. The van der Waals surface area contributed by atoms with E-state index in [1.165, 1.54) is 6.07 Å². The highest BCUT2D eigenvalue weighted by molar-refractivity contribution is 5.76. The van der Waals surface area contributed by atoms with Gasteiger partial charge in [-0.15, -0.1) is 0 Å². The van der Waals surface area contributed by atoms with E-state index < -0.39 is 28.7 Å². The molecule has 20 heavy (non-hydrogen) atoms. The number of H-pyrrole nitrogens is 1. The Bertz CT molecular complexity index is 655. The quantitative estimate of drug-likeness (QED) is 0.793. The highest BCUT2D eigenvalue weighted by Gasteiger charge is 2.59. The molecule has 2 heterocycles. The number of fused-ring (bicyclic) bond motifs is 1. The van der Waals surface area contributed by atoms with E-state index >= 15 is 0 Å². The molecule has 1 saturated heterocycles. The van der Waals surface area contributed by atoms with Crippen LogP contribution >= 0.6 is 0 Å². The zero-order chi connectivity index (χ0) is 14.5. The molecule has 0 spiro atoms. The average Bonchev–Trinajstić information content (AvgIpc) is 2.99. The van der Waals surface area contributed by atoms with Gasteiger partial charge in [0.15, 0.2) is 11.6 Å². The fourth-order valence-corrected chi connectivity index (χ4v) is 2.51. The molecule has 0 bridgehead atoms. The van der Waals surface area contributed by atoms with Crippen molar-refractivity contribution in [1.29, 1.82) is 0 Å². The number of aromatic nitrogens is 2. The molecule has 0 aliphatic carbocycles. The first-order chi connectivity index (χ1) is 9.35. The molecule has 0 saturated carbocycles. The number of benzene rings is 1. The minimum atomic E-state index is -4.53. The third kappa shape index (κ3) is 1.71. The second-order valence-corrected chi connectivity index (χ2v) is 4.85. The lowest BCUT2D eigenvalue weighted by Gasteiger charge is -2.28. The largest absolute Gasteiger partial charge is 0.402 e. The van der Waals surface area contributed by atoms with Crippen molar-refractivity contribution in [3.8, 4) is 0 Å². The summed E-state index contributed by atoms with van der Waals surface area (Å²) in [5.41, 5.74) is -2.54. The molecule has 8 heteroatoms. The van der Waals surface area contributed by atoms with Crippen molar-refractivity contribution in [2.24, 2.45) is 0 Å². The Morgan fingerprint density at radius 3 is 2.55 bits per heavy atom. The first-order valence-electron chi connectivity index (χ1n) is 5.97. The summed E-state index contributed by atoms with van der Waals surface area (Å²) in [7, 11) is 0. The highest BCUT2D eigenvalue weighted by atomic mass is 19.4. The molecule has 3 rings (SSSR count). The summed E-state index contributed by atoms with van der Waals surface area (Å²) in [4.78, 5) is 6.14. The van der Waals surface area contributed by atoms with Gasteiger partial charge in [0.25, 0.3) is 0 Å². The normalized spacial score (nSPS) is 23.6. The zero-order valence-electron chi connectivity index (χ0n) is 10.1. The predicted octanol–water partition coefficient (Wildman–Crippen LogP) is 2.63. The molecule has 1 fully saturated rings. The van der Waals surface area contributed by atoms with Gasteiger partial charge in [-0.2, -0.15) is 13.2 Å². The zero-order valence-corrected chi connectivity index (χ0v) is 10.1. The number of halogens is 5. The van der Waals surface area contributed by atoms with Crippen LogP contribution in [0.15, 0.2) is 12.1 Å². The Hall–Kier alpha value is -1.70. The number of nitrogens with one attached hydrogen (secondary N) is 2. The summed E-state index contributed by atoms with van der Waals surface area (Å²) < 4.78 is 66.7. The number of alkyl halides is 3. The van der Waals surface area contributed by atoms with E-state index in [0.29, 0.717) is 0 Å². The van der Waals surface area contributed by atoms with Crippen molar-refractivity contribution in [3.63, 3.8) is 0 Å². The summed E-state index contributed by atoms with van der Waals surface area (Å²) in [5.74, 6) is -2.76. The van der Waals surface area contributed by atoms with Crippen LogP contribution in [0.3, 0.4) is 0 Å². The molecule has 1 aromatic heterocycles. The Morgan fingerprint density at radius 1 is 1.20 bits per heavy atom. The van der Waals surface area contributed by atoms with Crippen molar-refractivity contribution >= 4 is 11.0 Å². The number of hydrogen-bond acceptors (Lipinski definition) is 2. The summed E-state index contributed by atoms with van der Waals surface area (Å²) in [6.07, 6.45) is -4.72. The molecule has 3 nitrogen and oxygen atoms in total. The second kappa shape index (κ2) is 4.15. The minimum absolute atomic E-state index is 0.0504. The maximum Gasteiger partial charge on any atom is 0.402 e. The van der Waals surface area contributed by atoms with Gasteiger partial charge in [-0.25, -0.2) is 13.8 Å². The summed E-state index contributed by atoms with van der Waals surface area (Å²) >= 11 is 0. The summed E-state index contributed by atoms with van der Waals surface area (Å²) in [6.45, 7) is -0.145. The third-order valence-electron chi connectivity index (χ3n) is 3.70. The van der Waals surface area contributed by atoms with Crippen molar-refractivity contribution in [2.75, 3.05) is 13.1 Å². The minimum Gasteiger partial charge on any atom is -0.341 e. The van der Waals surface area contributed by atoms with E-state index in [4.69, 9.17) is 0 Å². The van der Waals surface area contributed by atoms with Gasteiger partial charge in [0.2, 0.25) is 0 Å². The number of imidazole rings is 1. The van der Waals surface area contributed by atoms with Crippen LogP contribution < -0.4 is 5.32 Å². The molecule has 2 aromatic rings. The van der Waals surface area contributed by atoms with E-state index in [1.54, 1.807) is 0 Å². The summed E-state index contributed by atoms with van der Waals surface area (Å²) in [5, 5.41) is 2.64. The number of hydrogen-bond donors (Lipinski definition) is 2. The molecule has 108 valence electrons. The Morgan fingerprint density at radius 2 is 1.95 bits per heavy atom. The smallest absolute Gasteiger partial charge is 0.341 e. The number of rotatable bonds is 1. The van der Waals surface area contributed by atoms with Crippen LogP contribution in [0.5, 0.6) is 0 Å². The van der Waals surface area contributed by atoms with Crippen LogP contribution in [0.25, 0.3) is 11.0 Å². The average molecular weight is 291 g/mol. The predicted molar refractivity (Wildman–Crippen MR) is 61.2 cm³/mol. The molecular weight excluding hydrogens is 281 g/mol. The molecule has 2 N–H and O–H groups in total. The topological polar surface area (TPSA) is 40.7 Å². The van der Waals surface area contributed by atoms with Gasteiger partial charge in [0.1, 0.15) is 16.8 Å². The Kier molecular flexibility index (Phi) is 2.75. The third-order valence-corrected chi connectivity index (χ3v) is 3.70. The van der Waals surface area contributed by atoms with Gasteiger partial charge in [-0.3, -0.25) is 0 Å². The van der Waals surface area contributed by atoms with Crippen molar-refractivity contribution in [3.05, 3.63) is 29.6 Å². The maximum absolute atomic E-state index is 13.6. The standard InChI is InChI=1S/C12H10F5N3/c13-6-1-2-7-9(8(6)14)20-10(19-7)11(12(15,16)17)3-4-18-5-11/h1-2,18H,3-5H2,(H,19,20). The van der Waals surface area contributed by atoms with E-state index in [1.807, 2.05) is 0 Å². The fourth-order valence-electron chi connectivity index (χ4n) is 2.51. The Balaban J connectivity index is 2.21. The van der Waals surface area contributed by atoms with Gasteiger partial charge >= 0.3 is 6.18 Å². The molecule has 0 amide bonds. The Labute approximate surface area is 110 Å². The van der Waals surface area contributed by atoms with E-state index in [-0.39, 0.29) is 30.9 Å². The van der Waals surface area contributed by atoms with Gasteiger partial charge in [0.05, 0.1) is 5.52 Å².